The van der Waals surface area contributed by atoms with E-state index in [0.717, 1.165) is 52.9 Å². The summed E-state index contributed by atoms with van der Waals surface area (Å²) in [5.74, 6) is 1.60. The summed E-state index contributed by atoms with van der Waals surface area (Å²) in [5, 5.41) is 7.70. The van der Waals surface area contributed by atoms with Gasteiger partial charge in [-0.2, -0.15) is 5.10 Å². The van der Waals surface area contributed by atoms with E-state index in [1.807, 2.05) is 49.7 Å². The Labute approximate surface area is 188 Å². The van der Waals surface area contributed by atoms with Gasteiger partial charge in [0.2, 0.25) is 5.91 Å². The van der Waals surface area contributed by atoms with Crippen LogP contribution in [0.15, 0.2) is 30.6 Å². The highest BCUT2D eigenvalue weighted by Gasteiger charge is 2.18. The molecule has 1 amide bonds. The van der Waals surface area contributed by atoms with Crippen LogP contribution in [0.2, 0.25) is 0 Å². The summed E-state index contributed by atoms with van der Waals surface area (Å²) in [4.78, 5) is 23.6. The van der Waals surface area contributed by atoms with Crippen LogP contribution in [-0.4, -0.2) is 52.0 Å². The number of morpholine rings is 1. The second-order valence-corrected chi connectivity index (χ2v) is 8.24. The van der Waals surface area contributed by atoms with E-state index in [1.54, 1.807) is 6.33 Å². The molecule has 3 aromatic rings. The molecule has 1 saturated heterocycles. The Bertz CT molecular complexity index is 1120. The first-order chi connectivity index (χ1) is 15.4. The van der Waals surface area contributed by atoms with Crippen molar-refractivity contribution in [2.24, 2.45) is 0 Å². The van der Waals surface area contributed by atoms with Gasteiger partial charge in [-0.15, -0.1) is 0 Å². The maximum atomic E-state index is 12.5. The average molecular weight is 435 g/mol. The standard InChI is InChI=1S/C24H30N6O2/c1-16-5-6-20(13-17(16)2)27-24(31)8-7-21-18(3)28-30(19(21)4)23-14-22(25-15-26-23)29-9-11-32-12-10-29/h5-6,13-15H,7-12H2,1-4H3,(H,27,31). The lowest BCUT2D eigenvalue weighted by atomic mass is 10.1. The Morgan fingerprint density at radius 1 is 1.03 bits per heavy atom. The van der Waals surface area contributed by atoms with Gasteiger partial charge in [-0.25, -0.2) is 14.6 Å². The summed E-state index contributed by atoms with van der Waals surface area (Å²) >= 11 is 0. The van der Waals surface area contributed by atoms with E-state index in [-0.39, 0.29) is 5.91 Å². The highest BCUT2D eigenvalue weighted by atomic mass is 16.5. The number of rotatable bonds is 6. The second kappa shape index (κ2) is 9.48. The Hall–Kier alpha value is -3.26. The van der Waals surface area contributed by atoms with Gasteiger partial charge in [0.05, 0.1) is 18.9 Å². The number of anilines is 2. The Morgan fingerprint density at radius 2 is 1.78 bits per heavy atom. The zero-order valence-electron chi connectivity index (χ0n) is 19.2. The molecule has 0 spiro atoms. The molecule has 1 N–H and O–H groups in total. The van der Waals surface area contributed by atoms with Crippen LogP contribution in [0.3, 0.4) is 0 Å². The molecule has 8 heteroatoms. The van der Waals surface area contributed by atoms with Gasteiger partial charge < -0.3 is 15.0 Å². The van der Waals surface area contributed by atoms with Crippen molar-refractivity contribution >= 4 is 17.4 Å². The quantitative estimate of drug-likeness (QED) is 0.641. The van der Waals surface area contributed by atoms with Gasteiger partial charge >= 0.3 is 0 Å². The molecule has 8 nitrogen and oxygen atoms in total. The molecule has 4 rings (SSSR count). The number of ether oxygens (including phenoxy) is 1. The van der Waals surface area contributed by atoms with Gasteiger partial charge in [0.25, 0.3) is 0 Å². The Balaban J connectivity index is 1.46. The molecule has 0 unspecified atom stereocenters. The van der Waals surface area contributed by atoms with E-state index in [9.17, 15) is 4.79 Å². The first-order valence-electron chi connectivity index (χ1n) is 11.0. The fourth-order valence-corrected chi connectivity index (χ4v) is 3.96. The number of nitrogens with one attached hydrogen (secondary N) is 1. The van der Waals surface area contributed by atoms with Crippen molar-refractivity contribution in [3.05, 3.63) is 58.7 Å². The fraction of sp³-hybridized carbons (Fsp3) is 0.417. The summed E-state index contributed by atoms with van der Waals surface area (Å²) in [6, 6.07) is 7.93. The number of amides is 1. The number of aromatic nitrogens is 4. The smallest absolute Gasteiger partial charge is 0.224 e. The fourth-order valence-electron chi connectivity index (χ4n) is 3.96. The van der Waals surface area contributed by atoms with E-state index < -0.39 is 0 Å². The Kier molecular flexibility index (Phi) is 6.50. The van der Waals surface area contributed by atoms with Crippen molar-refractivity contribution in [2.45, 2.75) is 40.5 Å². The molecule has 1 aliphatic heterocycles. The van der Waals surface area contributed by atoms with Crippen molar-refractivity contribution in [3.63, 3.8) is 0 Å². The van der Waals surface area contributed by atoms with Crippen LogP contribution >= 0.6 is 0 Å². The van der Waals surface area contributed by atoms with E-state index in [2.05, 4.69) is 27.1 Å². The van der Waals surface area contributed by atoms with E-state index in [0.29, 0.717) is 26.1 Å². The van der Waals surface area contributed by atoms with E-state index in [1.165, 1.54) is 5.56 Å². The van der Waals surface area contributed by atoms with E-state index >= 15 is 0 Å². The minimum absolute atomic E-state index is 0.00329. The van der Waals surface area contributed by atoms with Gasteiger partial charge in [-0.05, 0) is 62.9 Å². The molecule has 0 atom stereocenters. The third-order valence-corrected chi connectivity index (χ3v) is 6.02. The summed E-state index contributed by atoms with van der Waals surface area (Å²) in [7, 11) is 0. The highest BCUT2D eigenvalue weighted by molar-refractivity contribution is 5.91. The lowest BCUT2D eigenvalue weighted by Crippen LogP contribution is -2.36. The van der Waals surface area contributed by atoms with Crippen LogP contribution in [0, 0.1) is 27.7 Å². The van der Waals surface area contributed by atoms with Crippen LogP contribution in [0.5, 0.6) is 0 Å². The lowest BCUT2D eigenvalue weighted by molar-refractivity contribution is -0.116. The van der Waals surface area contributed by atoms with Crippen molar-refractivity contribution in [1.29, 1.82) is 0 Å². The predicted octanol–water partition coefficient (Wildman–Crippen LogP) is 3.30. The van der Waals surface area contributed by atoms with Gasteiger partial charge in [-0.3, -0.25) is 4.79 Å². The zero-order chi connectivity index (χ0) is 22.7. The van der Waals surface area contributed by atoms with Crippen molar-refractivity contribution < 1.29 is 9.53 Å². The second-order valence-electron chi connectivity index (χ2n) is 8.24. The average Bonchev–Trinajstić information content (AvgIpc) is 3.09. The first-order valence-corrected chi connectivity index (χ1v) is 11.0. The molecule has 32 heavy (non-hydrogen) atoms. The van der Waals surface area contributed by atoms with Gasteiger partial charge in [0, 0.05) is 37.0 Å². The molecule has 0 saturated carbocycles. The third kappa shape index (κ3) is 4.80. The minimum Gasteiger partial charge on any atom is -0.378 e. The number of carbonyl (C=O) groups excluding carboxylic acids is 1. The molecule has 3 heterocycles. The molecule has 0 aliphatic carbocycles. The number of hydrogen-bond donors (Lipinski definition) is 1. The van der Waals surface area contributed by atoms with Crippen LogP contribution in [-0.2, 0) is 16.0 Å². The maximum absolute atomic E-state index is 12.5. The molecule has 1 fully saturated rings. The van der Waals surface area contributed by atoms with E-state index in [4.69, 9.17) is 9.84 Å². The SMILES string of the molecule is Cc1ccc(NC(=O)CCc2c(C)nn(-c3cc(N4CCOCC4)ncn3)c2C)cc1C. The monoisotopic (exact) mass is 434 g/mol. The number of aryl methyl sites for hydroxylation is 3. The van der Waals surface area contributed by atoms with Crippen molar-refractivity contribution in [1.82, 2.24) is 19.7 Å². The predicted molar refractivity (Wildman–Crippen MR) is 125 cm³/mol. The maximum Gasteiger partial charge on any atom is 0.224 e. The molecule has 0 radical (unpaired) electrons. The molecule has 1 aromatic carbocycles. The van der Waals surface area contributed by atoms with Gasteiger partial charge in [-0.1, -0.05) is 6.07 Å². The molecular formula is C24H30N6O2. The van der Waals surface area contributed by atoms with Crippen LogP contribution < -0.4 is 10.2 Å². The first kappa shape index (κ1) is 22.0. The van der Waals surface area contributed by atoms with Crippen molar-refractivity contribution in [2.75, 3.05) is 36.5 Å². The number of nitrogens with zero attached hydrogens (tertiary/aromatic N) is 5. The van der Waals surface area contributed by atoms with Gasteiger partial charge in [0.1, 0.15) is 12.1 Å². The molecule has 0 bridgehead atoms. The highest BCUT2D eigenvalue weighted by Crippen LogP contribution is 2.21. The topological polar surface area (TPSA) is 85.2 Å². The molecular weight excluding hydrogens is 404 g/mol. The normalized spacial score (nSPS) is 13.9. The van der Waals surface area contributed by atoms with Crippen LogP contribution in [0.25, 0.3) is 5.82 Å². The summed E-state index contributed by atoms with van der Waals surface area (Å²) < 4.78 is 7.28. The molecule has 1 aliphatic rings. The number of hydrogen-bond acceptors (Lipinski definition) is 6. The van der Waals surface area contributed by atoms with Crippen molar-refractivity contribution in [3.8, 4) is 5.82 Å². The number of carbonyl (C=O) groups is 1. The van der Waals surface area contributed by atoms with Crippen LogP contribution in [0.1, 0.15) is 34.5 Å². The van der Waals surface area contributed by atoms with Gasteiger partial charge in [0.15, 0.2) is 5.82 Å². The summed E-state index contributed by atoms with van der Waals surface area (Å²) in [6.45, 7) is 11.1. The number of benzene rings is 1. The zero-order valence-corrected chi connectivity index (χ0v) is 19.2. The minimum atomic E-state index is -0.00329. The van der Waals surface area contributed by atoms with Crippen LogP contribution in [0.4, 0.5) is 11.5 Å². The molecule has 2 aromatic heterocycles. The largest absolute Gasteiger partial charge is 0.378 e. The Morgan fingerprint density at radius 3 is 2.53 bits per heavy atom. The summed E-state index contributed by atoms with van der Waals surface area (Å²) in [5.41, 5.74) is 6.19. The lowest BCUT2D eigenvalue weighted by Gasteiger charge is -2.27. The summed E-state index contributed by atoms with van der Waals surface area (Å²) in [6.07, 6.45) is 2.59. The molecule has 168 valence electrons. The third-order valence-electron chi connectivity index (χ3n) is 6.02.